The molecule has 0 aliphatic rings. The summed E-state index contributed by atoms with van der Waals surface area (Å²) in [6.45, 7) is 8.55. The van der Waals surface area contributed by atoms with Crippen LogP contribution in [-0.2, 0) is 27.6 Å². The molecule has 0 saturated carbocycles. The molecule has 0 aromatic heterocycles. The minimum Gasteiger partial charge on any atom is -0.481 e. The van der Waals surface area contributed by atoms with E-state index in [0.717, 1.165) is 32.1 Å². The molecule has 27 heavy (non-hydrogen) atoms. The van der Waals surface area contributed by atoms with Crippen LogP contribution in [0.4, 0.5) is 0 Å². The molecule has 0 rings (SSSR count). The molecule has 0 aliphatic heterocycles. The van der Waals surface area contributed by atoms with Gasteiger partial charge in [-0.05, 0) is 26.7 Å². The summed E-state index contributed by atoms with van der Waals surface area (Å²) in [4.78, 5) is 23.8. The van der Waals surface area contributed by atoms with Crippen molar-refractivity contribution in [1.29, 1.82) is 0 Å². The molecule has 0 aromatic carbocycles. The van der Waals surface area contributed by atoms with Gasteiger partial charge >= 0.3 is 20.7 Å². The Bertz CT molecular complexity index is 417. The quantitative estimate of drug-likeness (QED) is 0.280. The third-order valence-corrected chi connectivity index (χ3v) is 6.76. The number of hydrogen-bond donors (Lipinski definition) is 2. The van der Waals surface area contributed by atoms with Gasteiger partial charge in [-0.25, -0.2) is 0 Å². The predicted molar refractivity (Wildman–Crippen MR) is 104 cm³/mol. The van der Waals surface area contributed by atoms with Crippen molar-refractivity contribution in [1.82, 2.24) is 5.32 Å². The topological polar surface area (TPSA) is 103 Å². The lowest BCUT2D eigenvalue weighted by Gasteiger charge is -2.29. The zero-order chi connectivity index (χ0) is 20.7. The van der Waals surface area contributed by atoms with Gasteiger partial charge in [0.2, 0.25) is 0 Å². The van der Waals surface area contributed by atoms with Crippen LogP contribution in [0.2, 0.25) is 0 Å². The fraction of sp³-hybridized carbons (Fsp3) is 0.889. The van der Waals surface area contributed by atoms with Crippen LogP contribution in [0.25, 0.3) is 0 Å². The Morgan fingerprint density at radius 3 is 2.11 bits per heavy atom. The molecule has 0 bridgehead atoms. The van der Waals surface area contributed by atoms with Crippen LogP contribution < -0.4 is 5.32 Å². The Morgan fingerprint density at radius 2 is 1.67 bits per heavy atom. The zero-order valence-corrected chi connectivity index (χ0v) is 18.4. The molecule has 8 nitrogen and oxygen atoms in total. The highest BCUT2D eigenvalue weighted by Gasteiger charge is 2.41. The average molecular weight is 408 g/mol. The Kier molecular flexibility index (Phi) is 14.4. The summed E-state index contributed by atoms with van der Waals surface area (Å²) in [5, 5.41) is 12.1. The molecule has 0 radical (unpaired) electrons. The van der Waals surface area contributed by atoms with Crippen LogP contribution in [0.5, 0.6) is 0 Å². The Hall–Kier alpha value is -1.00. The maximum Gasteiger partial charge on any atom is 0.515 e. The van der Waals surface area contributed by atoms with Gasteiger partial charge in [0.1, 0.15) is 12.1 Å². The lowest BCUT2D eigenvalue weighted by Crippen LogP contribution is -2.57. The number of carboxylic acids is 1. The van der Waals surface area contributed by atoms with Crippen molar-refractivity contribution in [3.8, 4) is 0 Å². The zero-order valence-electron chi connectivity index (χ0n) is 17.4. The van der Waals surface area contributed by atoms with Crippen LogP contribution >= 0.6 is 0 Å². The Balaban J connectivity index is 5.06. The normalized spacial score (nSPS) is 14.0. The first kappa shape index (κ1) is 26.0. The molecule has 2 atom stereocenters. The predicted octanol–water partition coefficient (Wildman–Crippen LogP) is 2.52. The van der Waals surface area contributed by atoms with E-state index in [0.29, 0.717) is 13.2 Å². The number of aliphatic carboxylic acids is 1. The number of carbonyl (C=O) groups is 2. The van der Waals surface area contributed by atoms with Gasteiger partial charge in [0.25, 0.3) is 0 Å². The smallest absolute Gasteiger partial charge is 0.481 e. The minimum atomic E-state index is -3.02. The first-order chi connectivity index (χ1) is 12.9. The largest absolute Gasteiger partial charge is 0.515 e. The van der Waals surface area contributed by atoms with Gasteiger partial charge in [-0.15, -0.1) is 0 Å². The molecule has 0 aliphatic carbocycles. The van der Waals surface area contributed by atoms with E-state index < -0.39 is 26.8 Å². The summed E-state index contributed by atoms with van der Waals surface area (Å²) >= 11 is 0. The van der Waals surface area contributed by atoms with Crippen LogP contribution in [0, 0.1) is 0 Å². The molecule has 0 amide bonds. The van der Waals surface area contributed by atoms with Crippen LogP contribution in [0.3, 0.4) is 0 Å². The van der Waals surface area contributed by atoms with Gasteiger partial charge in [0.05, 0.1) is 12.6 Å². The number of carbonyl (C=O) groups excluding carboxylic acids is 1. The first-order valence-electron chi connectivity index (χ1n) is 9.86. The molecule has 0 fully saturated rings. The van der Waals surface area contributed by atoms with Crippen molar-refractivity contribution >= 4 is 20.7 Å². The molecule has 2 unspecified atom stereocenters. The third-order valence-electron chi connectivity index (χ3n) is 4.04. The van der Waals surface area contributed by atoms with Gasteiger partial charge in [-0.3, -0.25) is 14.9 Å². The maximum absolute atomic E-state index is 12.6. The monoisotopic (exact) mass is 407 g/mol. The number of hydrogen-bond acceptors (Lipinski definition) is 7. The minimum absolute atomic E-state index is 0.131. The van der Waals surface area contributed by atoms with Crippen molar-refractivity contribution in [2.75, 3.05) is 26.5 Å². The van der Waals surface area contributed by atoms with Gasteiger partial charge in [0.15, 0.2) is 0 Å². The standard InChI is InChI=1S/C18H37NO7Si/c1-6-10-12-15(11-7-2)26-18(22)16(13-17(20)21)19-14-27(23-5,24-8-3)25-9-4/h15-16,19H,6-14H2,1-5H3,(H,20,21). The number of carboxylic acid groups (broad SMARTS) is 1. The van der Waals surface area contributed by atoms with E-state index in [1.165, 1.54) is 7.11 Å². The molecule has 0 heterocycles. The summed E-state index contributed by atoms with van der Waals surface area (Å²) in [5.41, 5.74) is 0. The van der Waals surface area contributed by atoms with E-state index >= 15 is 0 Å². The number of esters is 1. The van der Waals surface area contributed by atoms with Crippen molar-refractivity contribution in [3.63, 3.8) is 0 Å². The second-order valence-electron chi connectivity index (χ2n) is 6.27. The molecule has 160 valence electrons. The van der Waals surface area contributed by atoms with E-state index in [4.69, 9.17) is 18.0 Å². The van der Waals surface area contributed by atoms with E-state index in [2.05, 4.69) is 12.2 Å². The molecule has 2 N–H and O–H groups in total. The summed E-state index contributed by atoms with van der Waals surface area (Å²) < 4.78 is 22.4. The number of unbranched alkanes of at least 4 members (excludes halogenated alkanes) is 1. The molecule has 0 saturated heterocycles. The number of rotatable bonds is 17. The number of ether oxygens (including phenoxy) is 1. The maximum atomic E-state index is 12.6. The van der Waals surface area contributed by atoms with Crippen molar-refractivity contribution in [3.05, 3.63) is 0 Å². The van der Waals surface area contributed by atoms with Crippen molar-refractivity contribution in [2.45, 2.75) is 78.4 Å². The highest BCUT2D eigenvalue weighted by atomic mass is 28.4. The highest BCUT2D eigenvalue weighted by molar-refractivity contribution is 6.60. The van der Waals surface area contributed by atoms with Gasteiger partial charge in [-0.1, -0.05) is 33.1 Å². The highest BCUT2D eigenvalue weighted by Crippen LogP contribution is 2.14. The van der Waals surface area contributed by atoms with Crippen LogP contribution in [0.1, 0.15) is 66.2 Å². The fourth-order valence-electron chi connectivity index (χ4n) is 2.70. The van der Waals surface area contributed by atoms with Crippen LogP contribution in [0.15, 0.2) is 0 Å². The lowest BCUT2D eigenvalue weighted by atomic mass is 10.1. The Morgan fingerprint density at radius 1 is 1.04 bits per heavy atom. The summed E-state index contributed by atoms with van der Waals surface area (Å²) in [7, 11) is -1.53. The molecular weight excluding hydrogens is 370 g/mol. The summed E-state index contributed by atoms with van der Waals surface area (Å²) in [5.74, 6) is -1.64. The molecule has 9 heteroatoms. The van der Waals surface area contributed by atoms with E-state index in [-0.39, 0.29) is 18.7 Å². The molecular formula is C18H37NO7Si. The Labute approximate surface area is 164 Å². The summed E-state index contributed by atoms with van der Waals surface area (Å²) in [6.07, 6.45) is 3.98. The fourth-order valence-corrected chi connectivity index (χ4v) is 4.74. The van der Waals surface area contributed by atoms with Crippen molar-refractivity contribution < 1.29 is 32.7 Å². The SMILES string of the molecule is CCCCC(CCC)OC(=O)C(CC(=O)O)NC[Si](OC)(OCC)OCC. The third kappa shape index (κ3) is 10.8. The molecule has 0 spiro atoms. The average Bonchev–Trinajstić information content (AvgIpc) is 2.63. The van der Waals surface area contributed by atoms with Crippen molar-refractivity contribution in [2.24, 2.45) is 0 Å². The van der Waals surface area contributed by atoms with Gasteiger partial charge < -0.3 is 23.1 Å². The van der Waals surface area contributed by atoms with Gasteiger partial charge in [0, 0.05) is 20.3 Å². The van der Waals surface area contributed by atoms with Crippen LogP contribution in [-0.4, -0.2) is 64.5 Å². The summed E-state index contributed by atoms with van der Waals surface area (Å²) in [6, 6.07) is -0.980. The van der Waals surface area contributed by atoms with E-state index in [1.54, 1.807) is 0 Å². The second-order valence-corrected chi connectivity index (χ2v) is 8.98. The lowest BCUT2D eigenvalue weighted by molar-refractivity contribution is -0.155. The van der Waals surface area contributed by atoms with E-state index in [1.807, 2.05) is 20.8 Å². The van der Waals surface area contributed by atoms with E-state index in [9.17, 15) is 14.7 Å². The number of nitrogens with one attached hydrogen (secondary N) is 1. The first-order valence-corrected chi connectivity index (χ1v) is 11.8. The second kappa shape index (κ2) is 15.0. The van der Waals surface area contributed by atoms with Gasteiger partial charge in [-0.2, -0.15) is 0 Å². The molecule has 0 aromatic rings.